The molecular formula is C18H16N2O3S2. The minimum atomic E-state index is -0.145. The number of carbonyl (C=O) groups excluding carboxylic acids is 1. The van der Waals surface area contributed by atoms with Crippen LogP contribution < -0.4 is 14.8 Å². The van der Waals surface area contributed by atoms with Crippen LogP contribution in [-0.2, 0) is 4.79 Å². The van der Waals surface area contributed by atoms with Crippen molar-refractivity contribution in [3.05, 3.63) is 48.0 Å². The number of nitrogens with one attached hydrogen (secondary N) is 1. The van der Waals surface area contributed by atoms with Crippen LogP contribution in [-0.4, -0.2) is 30.4 Å². The number of fused-ring (bicyclic) bond motifs is 2. The highest BCUT2D eigenvalue weighted by Crippen LogP contribution is 2.35. The first-order chi connectivity index (χ1) is 12.2. The highest BCUT2D eigenvalue weighted by molar-refractivity contribution is 8.01. The largest absolute Gasteiger partial charge is 0.497 e. The molecule has 1 atom stereocenters. The summed E-state index contributed by atoms with van der Waals surface area (Å²) in [6, 6.07) is 13.5. The van der Waals surface area contributed by atoms with E-state index >= 15 is 0 Å². The molecule has 4 rings (SSSR count). The predicted molar refractivity (Wildman–Crippen MR) is 99.7 cm³/mol. The molecule has 0 fully saturated rings. The Labute approximate surface area is 153 Å². The maximum absolute atomic E-state index is 12.3. The van der Waals surface area contributed by atoms with E-state index in [1.165, 1.54) is 11.8 Å². The number of thiazole rings is 1. The maximum Gasteiger partial charge on any atom is 0.231 e. The van der Waals surface area contributed by atoms with E-state index in [-0.39, 0.29) is 11.9 Å². The molecule has 25 heavy (non-hydrogen) atoms. The van der Waals surface area contributed by atoms with Gasteiger partial charge in [0.15, 0.2) is 4.34 Å². The fraction of sp³-hybridized carbons (Fsp3) is 0.222. The van der Waals surface area contributed by atoms with Crippen molar-refractivity contribution in [1.82, 2.24) is 10.3 Å². The van der Waals surface area contributed by atoms with Crippen molar-refractivity contribution in [1.29, 1.82) is 0 Å². The lowest BCUT2D eigenvalue weighted by Crippen LogP contribution is -2.30. The predicted octanol–water partition coefficient (Wildman–Crippen LogP) is 3.65. The SMILES string of the molecule is COc1ccc2c(c1)[C@H](NC(=O)CSc1nc3ccccc3s1)CO2. The lowest BCUT2D eigenvalue weighted by Gasteiger charge is -2.11. The van der Waals surface area contributed by atoms with E-state index in [9.17, 15) is 4.79 Å². The van der Waals surface area contributed by atoms with Crippen molar-refractivity contribution in [2.75, 3.05) is 19.5 Å². The number of para-hydroxylation sites is 1. The smallest absolute Gasteiger partial charge is 0.231 e. The molecule has 1 N–H and O–H groups in total. The lowest BCUT2D eigenvalue weighted by atomic mass is 10.1. The van der Waals surface area contributed by atoms with Gasteiger partial charge in [0, 0.05) is 5.56 Å². The van der Waals surface area contributed by atoms with E-state index in [1.54, 1.807) is 18.4 Å². The molecule has 0 radical (unpaired) electrons. The molecule has 1 aromatic heterocycles. The van der Waals surface area contributed by atoms with Crippen molar-refractivity contribution in [2.45, 2.75) is 10.4 Å². The summed E-state index contributed by atoms with van der Waals surface area (Å²) in [5, 5.41) is 3.03. The first-order valence-electron chi connectivity index (χ1n) is 7.81. The van der Waals surface area contributed by atoms with Crippen LogP contribution >= 0.6 is 23.1 Å². The van der Waals surface area contributed by atoms with Crippen molar-refractivity contribution in [3.8, 4) is 11.5 Å². The summed E-state index contributed by atoms with van der Waals surface area (Å²) >= 11 is 3.06. The number of aromatic nitrogens is 1. The summed E-state index contributed by atoms with van der Waals surface area (Å²) in [4.78, 5) is 16.8. The van der Waals surface area contributed by atoms with Gasteiger partial charge in [0.2, 0.25) is 5.91 Å². The van der Waals surface area contributed by atoms with Gasteiger partial charge in [-0.05, 0) is 30.3 Å². The van der Waals surface area contributed by atoms with Gasteiger partial charge >= 0.3 is 0 Å². The topological polar surface area (TPSA) is 60.5 Å². The van der Waals surface area contributed by atoms with Gasteiger partial charge in [-0.3, -0.25) is 4.79 Å². The van der Waals surface area contributed by atoms with Gasteiger partial charge in [0.05, 0.1) is 29.1 Å². The molecule has 1 aliphatic heterocycles. The monoisotopic (exact) mass is 372 g/mol. The molecular weight excluding hydrogens is 356 g/mol. The average Bonchev–Trinajstić information content (AvgIpc) is 3.23. The average molecular weight is 372 g/mol. The molecule has 7 heteroatoms. The summed E-state index contributed by atoms with van der Waals surface area (Å²) in [6.07, 6.45) is 0. The molecule has 2 heterocycles. The van der Waals surface area contributed by atoms with E-state index in [0.717, 1.165) is 31.6 Å². The molecule has 0 saturated carbocycles. The second-order valence-electron chi connectivity index (χ2n) is 5.57. The standard InChI is InChI=1S/C18H16N2O3S2/c1-22-11-6-7-15-12(8-11)14(9-23-15)19-17(21)10-24-18-20-13-4-2-3-5-16(13)25-18/h2-8,14H,9-10H2,1H3,(H,19,21)/t14-/m1/s1. The molecule has 1 aliphatic rings. The lowest BCUT2D eigenvalue weighted by molar-refractivity contribution is -0.119. The minimum absolute atomic E-state index is 0.0338. The number of hydrogen-bond donors (Lipinski definition) is 1. The molecule has 5 nitrogen and oxygen atoms in total. The Kier molecular flexibility index (Phi) is 4.50. The number of methoxy groups -OCH3 is 1. The molecule has 2 aromatic carbocycles. The quantitative estimate of drug-likeness (QED) is 0.693. The van der Waals surface area contributed by atoms with E-state index in [0.29, 0.717) is 12.4 Å². The van der Waals surface area contributed by atoms with Gasteiger partial charge in [0.1, 0.15) is 18.1 Å². The number of benzene rings is 2. The highest BCUT2D eigenvalue weighted by atomic mass is 32.2. The molecule has 0 spiro atoms. The summed E-state index contributed by atoms with van der Waals surface area (Å²) in [5.74, 6) is 1.85. The van der Waals surface area contributed by atoms with Crippen LogP contribution in [0.4, 0.5) is 0 Å². The number of thioether (sulfide) groups is 1. The van der Waals surface area contributed by atoms with Crippen LogP contribution in [0.3, 0.4) is 0 Å². The van der Waals surface area contributed by atoms with Crippen molar-refractivity contribution in [2.24, 2.45) is 0 Å². The van der Waals surface area contributed by atoms with Gasteiger partial charge in [-0.2, -0.15) is 0 Å². The molecule has 0 aliphatic carbocycles. The van der Waals surface area contributed by atoms with Crippen LogP contribution in [0.1, 0.15) is 11.6 Å². The van der Waals surface area contributed by atoms with Gasteiger partial charge in [-0.15, -0.1) is 11.3 Å². The Morgan fingerprint density at radius 2 is 2.28 bits per heavy atom. The highest BCUT2D eigenvalue weighted by Gasteiger charge is 2.26. The van der Waals surface area contributed by atoms with Crippen LogP contribution in [0.25, 0.3) is 10.2 Å². The summed E-state index contributed by atoms with van der Waals surface area (Å²) < 4.78 is 12.9. The number of hydrogen-bond acceptors (Lipinski definition) is 6. The molecule has 3 aromatic rings. The molecule has 0 unspecified atom stereocenters. The minimum Gasteiger partial charge on any atom is -0.497 e. The first-order valence-corrected chi connectivity index (χ1v) is 9.61. The zero-order valence-electron chi connectivity index (χ0n) is 13.5. The van der Waals surface area contributed by atoms with Gasteiger partial charge in [-0.25, -0.2) is 4.98 Å². The zero-order valence-corrected chi connectivity index (χ0v) is 15.2. The van der Waals surface area contributed by atoms with E-state index in [2.05, 4.69) is 10.3 Å². The van der Waals surface area contributed by atoms with Crippen LogP contribution in [0.2, 0.25) is 0 Å². The van der Waals surface area contributed by atoms with E-state index in [4.69, 9.17) is 9.47 Å². The number of rotatable bonds is 5. The summed E-state index contributed by atoms with van der Waals surface area (Å²) in [7, 11) is 1.62. The van der Waals surface area contributed by atoms with Crippen LogP contribution in [0.15, 0.2) is 46.8 Å². The van der Waals surface area contributed by atoms with Crippen molar-refractivity contribution >= 4 is 39.2 Å². The normalized spacial score (nSPS) is 15.6. The third-order valence-corrected chi connectivity index (χ3v) is 6.11. The number of carbonyl (C=O) groups is 1. The Morgan fingerprint density at radius 1 is 1.40 bits per heavy atom. The third kappa shape index (κ3) is 3.43. The Hall–Kier alpha value is -2.25. The molecule has 128 valence electrons. The van der Waals surface area contributed by atoms with Crippen molar-refractivity contribution in [3.63, 3.8) is 0 Å². The molecule has 1 amide bonds. The van der Waals surface area contributed by atoms with E-state index < -0.39 is 0 Å². The fourth-order valence-corrected chi connectivity index (χ4v) is 4.60. The number of nitrogens with zero attached hydrogens (tertiary/aromatic N) is 1. The molecule has 0 bridgehead atoms. The Balaban J connectivity index is 1.38. The van der Waals surface area contributed by atoms with Crippen LogP contribution in [0.5, 0.6) is 11.5 Å². The Bertz CT molecular complexity index is 893. The number of amides is 1. The third-order valence-electron chi connectivity index (χ3n) is 3.93. The van der Waals surface area contributed by atoms with Crippen LogP contribution in [0, 0.1) is 0 Å². The summed E-state index contributed by atoms with van der Waals surface area (Å²) in [5.41, 5.74) is 1.93. The second-order valence-corrected chi connectivity index (χ2v) is 7.82. The Morgan fingerprint density at radius 3 is 3.12 bits per heavy atom. The molecule has 0 saturated heterocycles. The zero-order chi connectivity index (χ0) is 17.2. The fourth-order valence-electron chi connectivity index (χ4n) is 2.72. The van der Waals surface area contributed by atoms with Gasteiger partial charge in [0.25, 0.3) is 0 Å². The van der Waals surface area contributed by atoms with Gasteiger partial charge in [-0.1, -0.05) is 23.9 Å². The van der Waals surface area contributed by atoms with E-state index in [1.807, 2.05) is 42.5 Å². The van der Waals surface area contributed by atoms with Gasteiger partial charge < -0.3 is 14.8 Å². The summed E-state index contributed by atoms with van der Waals surface area (Å²) in [6.45, 7) is 0.444. The number of ether oxygens (including phenoxy) is 2. The maximum atomic E-state index is 12.3. The first kappa shape index (κ1) is 16.2. The second kappa shape index (κ2) is 6.93. The van der Waals surface area contributed by atoms with Crippen molar-refractivity contribution < 1.29 is 14.3 Å².